The molecule has 0 saturated carbocycles. The molecule has 17 heavy (non-hydrogen) atoms. The lowest BCUT2D eigenvalue weighted by Crippen LogP contribution is -2.43. The minimum atomic E-state index is -1.67. The Bertz CT molecular complexity index is 425. The molecule has 94 valence electrons. The Kier molecular flexibility index (Phi) is 3.50. The first kappa shape index (κ1) is 13.1. The van der Waals surface area contributed by atoms with Gasteiger partial charge in [-0.05, 0) is 20.8 Å². The number of amides is 1. The van der Waals surface area contributed by atoms with E-state index in [0.29, 0.717) is 5.82 Å². The van der Waals surface area contributed by atoms with Gasteiger partial charge in [-0.2, -0.15) is 5.10 Å². The lowest BCUT2D eigenvalue weighted by atomic mass is 9.85. The Morgan fingerprint density at radius 3 is 2.59 bits per heavy atom. The number of nitrogens with two attached hydrogens (primary N) is 1. The number of hydrogen-bond donors (Lipinski definition) is 2. The number of hydrogen-bond acceptors (Lipinski definition) is 4. The van der Waals surface area contributed by atoms with Gasteiger partial charge in [0.2, 0.25) is 5.91 Å². The zero-order valence-electron chi connectivity index (χ0n) is 10.0. The fourth-order valence-electron chi connectivity index (χ4n) is 1.42. The van der Waals surface area contributed by atoms with Gasteiger partial charge in [-0.1, -0.05) is 0 Å². The quantitative estimate of drug-likeness (QED) is 0.702. The van der Waals surface area contributed by atoms with Crippen molar-refractivity contribution in [1.82, 2.24) is 14.8 Å². The number of rotatable bonds is 5. The van der Waals surface area contributed by atoms with E-state index in [9.17, 15) is 9.59 Å². The van der Waals surface area contributed by atoms with Crippen LogP contribution in [-0.2, 0) is 16.0 Å². The number of carbonyl (C=O) groups is 2. The Morgan fingerprint density at radius 1 is 1.59 bits per heavy atom. The highest BCUT2D eigenvalue weighted by Gasteiger charge is 2.41. The van der Waals surface area contributed by atoms with Crippen molar-refractivity contribution >= 4 is 11.9 Å². The van der Waals surface area contributed by atoms with Crippen LogP contribution in [0.3, 0.4) is 0 Å². The largest absolute Gasteiger partial charge is 0.480 e. The summed E-state index contributed by atoms with van der Waals surface area (Å²) in [5, 5.41) is 13.1. The van der Waals surface area contributed by atoms with Gasteiger partial charge in [0.05, 0.1) is 0 Å². The van der Waals surface area contributed by atoms with Crippen LogP contribution < -0.4 is 5.73 Å². The van der Waals surface area contributed by atoms with Crippen LogP contribution in [0.2, 0.25) is 0 Å². The Hall–Kier alpha value is -1.92. The monoisotopic (exact) mass is 240 g/mol. The van der Waals surface area contributed by atoms with Crippen LogP contribution in [0.15, 0.2) is 6.33 Å². The van der Waals surface area contributed by atoms with Gasteiger partial charge in [-0.3, -0.25) is 9.59 Å². The number of aliphatic carboxylic acids is 1. The van der Waals surface area contributed by atoms with Crippen molar-refractivity contribution in [1.29, 1.82) is 0 Å². The van der Waals surface area contributed by atoms with Gasteiger partial charge in [0.25, 0.3) is 0 Å². The highest BCUT2D eigenvalue weighted by Crippen LogP contribution is 2.22. The van der Waals surface area contributed by atoms with Crippen LogP contribution in [0.25, 0.3) is 0 Å². The van der Waals surface area contributed by atoms with Crippen molar-refractivity contribution in [3.05, 3.63) is 12.2 Å². The number of carboxylic acid groups (broad SMARTS) is 1. The van der Waals surface area contributed by atoms with Crippen molar-refractivity contribution in [2.24, 2.45) is 11.1 Å². The maximum absolute atomic E-state index is 11.3. The van der Waals surface area contributed by atoms with Gasteiger partial charge in [-0.15, -0.1) is 0 Å². The Labute approximate surface area is 98.6 Å². The summed E-state index contributed by atoms with van der Waals surface area (Å²) in [5.74, 6) is -1.71. The van der Waals surface area contributed by atoms with Gasteiger partial charge in [0.1, 0.15) is 17.6 Å². The van der Waals surface area contributed by atoms with Crippen molar-refractivity contribution in [2.75, 3.05) is 0 Å². The maximum atomic E-state index is 11.3. The molecule has 3 N–H and O–H groups in total. The number of primary amides is 1. The Balaban J connectivity index is 3.07. The smallest absolute Gasteiger partial charge is 0.319 e. The molecule has 0 fully saturated rings. The molecule has 0 spiro atoms. The first-order valence-corrected chi connectivity index (χ1v) is 5.20. The van der Waals surface area contributed by atoms with Crippen LogP contribution >= 0.6 is 0 Å². The molecule has 7 nitrogen and oxygen atoms in total. The standard InChI is InChI=1S/C10H16N4O3/c1-6(2)14-7(12-5-13-14)4-10(3,8(11)15)9(16)17/h5-6H,4H2,1-3H3,(H2,11,15)(H,16,17). The van der Waals surface area contributed by atoms with Gasteiger partial charge in [-0.25, -0.2) is 9.67 Å². The molecule has 0 saturated heterocycles. The summed E-state index contributed by atoms with van der Waals surface area (Å²) < 4.78 is 1.57. The lowest BCUT2D eigenvalue weighted by molar-refractivity contribution is -0.153. The van der Waals surface area contributed by atoms with Crippen LogP contribution in [0.5, 0.6) is 0 Å². The zero-order chi connectivity index (χ0) is 13.2. The molecule has 1 amide bonds. The van der Waals surface area contributed by atoms with Crippen LogP contribution in [-0.4, -0.2) is 31.7 Å². The summed E-state index contributed by atoms with van der Waals surface area (Å²) >= 11 is 0. The molecular weight excluding hydrogens is 224 g/mol. The summed E-state index contributed by atoms with van der Waals surface area (Å²) in [6.07, 6.45) is 1.26. The van der Waals surface area contributed by atoms with Crippen molar-refractivity contribution in [3.8, 4) is 0 Å². The predicted octanol–water partition coefficient (Wildman–Crippen LogP) is -0.0223. The number of aromatic nitrogens is 3. The highest BCUT2D eigenvalue weighted by molar-refractivity contribution is 6.00. The summed E-state index contributed by atoms with van der Waals surface area (Å²) in [4.78, 5) is 26.3. The van der Waals surface area contributed by atoms with E-state index in [1.54, 1.807) is 4.68 Å². The number of carboxylic acids is 1. The molecule has 0 aliphatic carbocycles. The third-order valence-electron chi connectivity index (χ3n) is 2.66. The first-order chi connectivity index (χ1) is 7.79. The number of nitrogens with zero attached hydrogens (tertiary/aromatic N) is 3. The summed E-state index contributed by atoms with van der Waals surface area (Å²) in [7, 11) is 0. The average molecular weight is 240 g/mol. The third kappa shape index (κ3) is 2.43. The van der Waals surface area contributed by atoms with Gasteiger partial charge >= 0.3 is 5.97 Å². The molecule has 1 heterocycles. The van der Waals surface area contributed by atoms with E-state index < -0.39 is 17.3 Å². The molecule has 1 unspecified atom stereocenters. The summed E-state index contributed by atoms with van der Waals surface area (Å²) in [6.45, 7) is 5.07. The van der Waals surface area contributed by atoms with E-state index in [1.807, 2.05) is 13.8 Å². The molecule has 0 aromatic carbocycles. The fraction of sp³-hybridized carbons (Fsp3) is 0.600. The first-order valence-electron chi connectivity index (χ1n) is 5.20. The van der Waals surface area contributed by atoms with E-state index in [-0.39, 0.29) is 12.5 Å². The summed E-state index contributed by atoms with van der Waals surface area (Å²) in [5.41, 5.74) is 3.47. The van der Waals surface area contributed by atoms with E-state index >= 15 is 0 Å². The minimum Gasteiger partial charge on any atom is -0.480 e. The van der Waals surface area contributed by atoms with Crippen molar-refractivity contribution in [3.63, 3.8) is 0 Å². The SMILES string of the molecule is CC(C)n1ncnc1CC(C)(C(N)=O)C(=O)O. The van der Waals surface area contributed by atoms with Crippen molar-refractivity contribution < 1.29 is 14.7 Å². The molecule has 1 aromatic heterocycles. The van der Waals surface area contributed by atoms with Gasteiger partial charge in [0, 0.05) is 12.5 Å². The molecule has 1 aromatic rings. The Morgan fingerprint density at radius 2 is 2.18 bits per heavy atom. The highest BCUT2D eigenvalue weighted by atomic mass is 16.4. The predicted molar refractivity (Wildman–Crippen MR) is 59.0 cm³/mol. The summed E-state index contributed by atoms with van der Waals surface area (Å²) in [6, 6.07) is 0.0402. The second-order valence-corrected chi connectivity index (χ2v) is 4.39. The van der Waals surface area contributed by atoms with E-state index in [4.69, 9.17) is 10.8 Å². The zero-order valence-corrected chi connectivity index (χ0v) is 10.0. The fourth-order valence-corrected chi connectivity index (χ4v) is 1.42. The third-order valence-corrected chi connectivity index (χ3v) is 2.66. The molecule has 1 rings (SSSR count). The van der Waals surface area contributed by atoms with Crippen molar-refractivity contribution in [2.45, 2.75) is 33.2 Å². The van der Waals surface area contributed by atoms with Crippen LogP contribution in [0.4, 0.5) is 0 Å². The second-order valence-electron chi connectivity index (χ2n) is 4.39. The molecule has 0 radical (unpaired) electrons. The van der Waals surface area contributed by atoms with Crippen LogP contribution in [0.1, 0.15) is 32.6 Å². The molecule has 1 atom stereocenters. The number of carbonyl (C=O) groups excluding carboxylic acids is 1. The normalized spacial score (nSPS) is 14.6. The second kappa shape index (κ2) is 4.52. The molecule has 7 heteroatoms. The minimum absolute atomic E-state index is 0.0402. The van der Waals surface area contributed by atoms with E-state index in [0.717, 1.165) is 0 Å². The molecule has 0 aliphatic heterocycles. The van der Waals surface area contributed by atoms with Gasteiger partial charge in [0.15, 0.2) is 0 Å². The van der Waals surface area contributed by atoms with Crippen LogP contribution in [0, 0.1) is 5.41 Å². The lowest BCUT2D eigenvalue weighted by Gasteiger charge is -2.21. The molecular formula is C10H16N4O3. The van der Waals surface area contributed by atoms with E-state index in [2.05, 4.69) is 10.1 Å². The van der Waals surface area contributed by atoms with Gasteiger partial charge < -0.3 is 10.8 Å². The topological polar surface area (TPSA) is 111 Å². The molecule has 0 aliphatic rings. The maximum Gasteiger partial charge on any atom is 0.319 e. The van der Waals surface area contributed by atoms with E-state index in [1.165, 1.54) is 13.3 Å². The molecule has 0 bridgehead atoms. The average Bonchev–Trinajstić information content (AvgIpc) is 2.64.